The smallest absolute Gasteiger partial charge is 0.236 e. The number of hydrogen-bond donors (Lipinski definition) is 2. The summed E-state index contributed by atoms with van der Waals surface area (Å²) in [6.45, 7) is 1.05. The summed E-state index contributed by atoms with van der Waals surface area (Å²) < 4.78 is 1.71. The van der Waals surface area contributed by atoms with Gasteiger partial charge in [-0.25, -0.2) is 0 Å². The summed E-state index contributed by atoms with van der Waals surface area (Å²) in [5.41, 5.74) is 9.27. The van der Waals surface area contributed by atoms with E-state index < -0.39 is 0 Å². The summed E-state index contributed by atoms with van der Waals surface area (Å²) in [4.78, 5) is 0.725. The largest absolute Gasteiger partial charge is 0.385 e. The van der Waals surface area contributed by atoms with Crippen LogP contribution < -0.4 is 11.1 Å². The van der Waals surface area contributed by atoms with Crippen molar-refractivity contribution in [2.24, 2.45) is 0 Å². The molecule has 0 unspecified atom stereocenters. The fraction of sp³-hybridized carbons (Fsp3) is 0.250. The number of aryl methyl sites for hydroxylation is 1. The lowest BCUT2D eigenvalue weighted by molar-refractivity contribution is 0.830. The molecule has 1 aliphatic heterocycles. The van der Waals surface area contributed by atoms with Crippen LogP contribution in [0.2, 0.25) is 0 Å². The molecule has 96 valence electrons. The van der Waals surface area contributed by atoms with Crippen molar-refractivity contribution < 1.29 is 0 Å². The van der Waals surface area contributed by atoms with Gasteiger partial charge in [-0.1, -0.05) is 11.3 Å². The van der Waals surface area contributed by atoms with Crippen molar-refractivity contribution >= 4 is 27.1 Å². The highest BCUT2D eigenvalue weighted by atomic mass is 32.1. The molecule has 4 rings (SSSR count). The van der Waals surface area contributed by atoms with Gasteiger partial charge >= 0.3 is 0 Å². The number of aromatic nitrogens is 4. The SMILES string of the molecule is Nc1nn2c(-c3ccc4c(c3)CCCN4)nnc2s1. The van der Waals surface area contributed by atoms with Gasteiger partial charge in [0.15, 0.2) is 5.82 Å². The summed E-state index contributed by atoms with van der Waals surface area (Å²) in [7, 11) is 0. The fourth-order valence-corrected chi connectivity index (χ4v) is 3.03. The molecule has 6 nitrogen and oxygen atoms in total. The molecular formula is C12H12N6S. The molecule has 1 aromatic carbocycles. The summed E-state index contributed by atoms with van der Waals surface area (Å²) >= 11 is 1.34. The number of nitrogens with zero attached hydrogens (tertiary/aromatic N) is 4. The number of nitrogen functional groups attached to an aromatic ring is 1. The number of rotatable bonds is 1. The van der Waals surface area contributed by atoms with Crippen LogP contribution in [0.25, 0.3) is 16.3 Å². The summed E-state index contributed by atoms with van der Waals surface area (Å²) in [5, 5.41) is 16.4. The van der Waals surface area contributed by atoms with Crippen molar-refractivity contribution in [2.45, 2.75) is 12.8 Å². The first-order valence-corrected chi connectivity index (χ1v) is 6.98. The van der Waals surface area contributed by atoms with Gasteiger partial charge < -0.3 is 11.1 Å². The van der Waals surface area contributed by atoms with Gasteiger partial charge in [-0.15, -0.1) is 15.3 Å². The first-order valence-electron chi connectivity index (χ1n) is 6.16. The molecule has 3 heterocycles. The second-order valence-corrected chi connectivity index (χ2v) is 5.55. The van der Waals surface area contributed by atoms with Crippen LogP contribution in [-0.2, 0) is 6.42 Å². The predicted octanol–water partition coefficient (Wildman–Crippen LogP) is 1.79. The summed E-state index contributed by atoms with van der Waals surface area (Å²) in [5.74, 6) is 0.747. The number of anilines is 2. The fourth-order valence-electron chi connectivity index (χ4n) is 2.43. The minimum atomic E-state index is 0.505. The highest BCUT2D eigenvalue weighted by Crippen LogP contribution is 2.28. The molecule has 0 fully saturated rings. The summed E-state index contributed by atoms with van der Waals surface area (Å²) in [6, 6.07) is 6.30. The third-order valence-corrected chi connectivity index (χ3v) is 4.04. The van der Waals surface area contributed by atoms with Crippen molar-refractivity contribution in [3.8, 4) is 11.4 Å². The Hall–Kier alpha value is -2.15. The Labute approximate surface area is 113 Å². The second-order valence-electron chi connectivity index (χ2n) is 4.56. The van der Waals surface area contributed by atoms with Gasteiger partial charge in [0.1, 0.15) is 0 Å². The van der Waals surface area contributed by atoms with Crippen molar-refractivity contribution in [1.82, 2.24) is 19.8 Å². The third-order valence-electron chi connectivity index (χ3n) is 3.31. The Morgan fingerprint density at radius 1 is 1.32 bits per heavy atom. The van der Waals surface area contributed by atoms with Gasteiger partial charge in [0.2, 0.25) is 10.1 Å². The Morgan fingerprint density at radius 2 is 2.26 bits per heavy atom. The van der Waals surface area contributed by atoms with E-state index in [-0.39, 0.29) is 0 Å². The highest BCUT2D eigenvalue weighted by Gasteiger charge is 2.15. The van der Waals surface area contributed by atoms with Crippen LogP contribution in [-0.4, -0.2) is 26.4 Å². The van der Waals surface area contributed by atoms with E-state index in [1.54, 1.807) is 4.52 Å². The molecule has 3 aromatic rings. The van der Waals surface area contributed by atoms with E-state index in [9.17, 15) is 0 Å². The molecule has 0 amide bonds. The van der Waals surface area contributed by atoms with Gasteiger partial charge in [-0.2, -0.15) is 4.52 Å². The molecule has 0 bridgehead atoms. The lowest BCUT2D eigenvalue weighted by Crippen LogP contribution is -2.11. The quantitative estimate of drug-likeness (QED) is 0.706. The number of benzene rings is 1. The lowest BCUT2D eigenvalue weighted by atomic mass is 10.0. The van der Waals surface area contributed by atoms with Gasteiger partial charge in [0, 0.05) is 17.8 Å². The highest BCUT2D eigenvalue weighted by molar-refractivity contribution is 7.20. The van der Waals surface area contributed by atoms with Crippen LogP contribution in [0.1, 0.15) is 12.0 Å². The van der Waals surface area contributed by atoms with Crippen molar-refractivity contribution in [1.29, 1.82) is 0 Å². The Bertz CT molecular complexity index is 759. The van der Waals surface area contributed by atoms with E-state index in [0.717, 1.165) is 35.7 Å². The molecule has 3 N–H and O–H groups in total. The minimum absolute atomic E-state index is 0.505. The summed E-state index contributed by atoms with van der Waals surface area (Å²) in [6.07, 6.45) is 2.26. The van der Waals surface area contributed by atoms with Crippen LogP contribution in [0.5, 0.6) is 0 Å². The molecule has 1 aliphatic rings. The van der Waals surface area contributed by atoms with E-state index in [4.69, 9.17) is 5.73 Å². The Morgan fingerprint density at radius 3 is 3.21 bits per heavy atom. The zero-order valence-electron chi connectivity index (χ0n) is 10.1. The average Bonchev–Trinajstić information content (AvgIpc) is 2.97. The van der Waals surface area contributed by atoms with Crippen LogP contribution in [0.4, 0.5) is 10.8 Å². The van der Waals surface area contributed by atoms with Crippen molar-refractivity contribution in [3.05, 3.63) is 23.8 Å². The first-order chi connectivity index (χ1) is 9.31. The monoisotopic (exact) mass is 272 g/mol. The molecule has 0 aliphatic carbocycles. The Kier molecular flexibility index (Phi) is 2.22. The molecule has 7 heteroatoms. The normalized spacial score (nSPS) is 14.3. The average molecular weight is 272 g/mol. The van der Waals surface area contributed by atoms with Gasteiger partial charge in [-0.3, -0.25) is 0 Å². The molecule has 0 saturated heterocycles. The van der Waals surface area contributed by atoms with Gasteiger partial charge in [-0.05, 0) is 36.6 Å². The van der Waals surface area contributed by atoms with E-state index >= 15 is 0 Å². The maximum atomic E-state index is 5.70. The number of fused-ring (bicyclic) bond motifs is 2. The van der Waals surface area contributed by atoms with Crippen molar-refractivity contribution in [2.75, 3.05) is 17.6 Å². The lowest BCUT2D eigenvalue weighted by Gasteiger charge is -2.18. The Balaban J connectivity index is 1.87. The van der Waals surface area contributed by atoms with Crippen LogP contribution in [0, 0.1) is 0 Å². The van der Waals surface area contributed by atoms with E-state index in [1.165, 1.54) is 22.6 Å². The predicted molar refractivity (Wildman–Crippen MR) is 75.3 cm³/mol. The number of nitrogens with two attached hydrogens (primary N) is 1. The molecule has 2 aromatic heterocycles. The zero-order chi connectivity index (χ0) is 12.8. The maximum absolute atomic E-state index is 5.70. The minimum Gasteiger partial charge on any atom is -0.385 e. The second kappa shape index (κ2) is 3.92. The number of nitrogens with one attached hydrogen (secondary N) is 1. The van der Waals surface area contributed by atoms with E-state index in [2.05, 4.69) is 32.7 Å². The third kappa shape index (κ3) is 1.66. The van der Waals surface area contributed by atoms with Gasteiger partial charge in [0.05, 0.1) is 0 Å². The van der Waals surface area contributed by atoms with Gasteiger partial charge in [0.25, 0.3) is 0 Å². The number of hydrogen-bond acceptors (Lipinski definition) is 6. The van der Waals surface area contributed by atoms with E-state index in [1.807, 2.05) is 6.07 Å². The molecule has 19 heavy (non-hydrogen) atoms. The molecule has 0 saturated carbocycles. The van der Waals surface area contributed by atoms with Crippen LogP contribution >= 0.6 is 11.3 Å². The molecule has 0 radical (unpaired) electrons. The standard InChI is InChI=1S/C12H12N6S/c13-11-17-18-10(15-16-12(18)19-11)8-3-4-9-7(6-8)2-1-5-14-9/h3-4,6,14H,1-2,5H2,(H2,13,17). The molecule has 0 spiro atoms. The van der Waals surface area contributed by atoms with Crippen molar-refractivity contribution in [3.63, 3.8) is 0 Å². The zero-order valence-corrected chi connectivity index (χ0v) is 10.9. The van der Waals surface area contributed by atoms with Crippen LogP contribution in [0.15, 0.2) is 18.2 Å². The molecular weight excluding hydrogens is 260 g/mol. The maximum Gasteiger partial charge on any atom is 0.236 e. The first kappa shape index (κ1) is 10.7. The van der Waals surface area contributed by atoms with Crippen LogP contribution in [0.3, 0.4) is 0 Å². The van der Waals surface area contributed by atoms with E-state index in [0.29, 0.717) is 5.13 Å². The molecule has 0 atom stereocenters. The topological polar surface area (TPSA) is 81.1 Å².